The van der Waals surface area contributed by atoms with Crippen LogP contribution >= 0.6 is 0 Å². The average molecular weight is 244 g/mol. The minimum atomic E-state index is -2.84. The lowest BCUT2D eigenvalue weighted by molar-refractivity contribution is 0.351. The molecule has 2 heterocycles. The summed E-state index contributed by atoms with van der Waals surface area (Å²) in [5.41, 5.74) is 6.14. The van der Waals surface area contributed by atoms with Crippen LogP contribution in [0, 0.1) is 5.92 Å². The zero-order valence-corrected chi connectivity index (χ0v) is 9.87. The molecule has 90 valence electrons. The number of aromatic nitrogens is 1. The van der Waals surface area contributed by atoms with Crippen LogP contribution in [0.3, 0.4) is 0 Å². The Morgan fingerprint density at radius 1 is 1.56 bits per heavy atom. The third-order valence-electron chi connectivity index (χ3n) is 2.86. The first-order valence-corrected chi connectivity index (χ1v) is 7.26. The second-order valence-corrected chi connectivity index (χ2v) is 6.54. The summed E-state index contributed by atoms with van der Waals surface area (Å²) in [5.74, 6) is 1.50. The second kappa shape index (κ2) is 4.55. The summed E-state index contributed by atoms with van der Waals surface area (Å²) >= 11 is 0. The lowest BCUT2D eigenvalue weighted by Crippen LogP contribution is -2.26. The van der Waals surface area contributed by atoms with Crippen LogP contribution in [0.2, 0.25) is 0 Å². The minimum absolute atomic E-state index is 0.164. The topological polar surface area (TPSA) is 86.2 Å². The van der Waals surface area contributed by atoms with Gasteiger partial charge in [0, 0.05) is 19.0 Å². The molecule has 0 bridgehead atoms. The van der Waals surface area contributed by atoms with Crippen LogP contribution in [0.5, 0.6) is 0 Å². The lowest BCUT2D eigenvalue weighted by atomic mass is 10.00. The van der Waals surface area contributed by atoms with Crippen LogP contribution in [0.25, 0.3) is 0 Å². The Labute approximate surface area is 94.9 Å². The highest BCUT2D eigenvalue weighted by Crippen LogP contribution is 2.22. The van der Waals surface area contributed by atoms with Crippen molar-refractivity contribution in [1.29, 1.82) is 0 Å². The van der Waals surface area contributed by atoms with E-state index >= 15 is 0 Å². The molecular weight excluding hydrogens is 228 g/mol. The fourth-order valence-corrected chi connectivity index (χ4v) is 3.89. The third kappa shape index (κ3) is 2.82. The van der Waals surface area contributed by atoms with Gasteiger partial charge < -0.3 is 10.3 Å². The highest BCUT2D eigenvalue weighted by atomic mass is 32.2. The van der Waals surface area contributed by atoms with Crippen LogP contribution < -0.4 is 5.73 Å². The molecule has 0 aromatic carbocycles. The molecule has 0 spiro atoms. The van der Waals surface area contributed by atoms with E-state index in [2.05, 4.69) is 5.16 Å². The highest BCUT2D eigenvalue weighted by molar-refractivity contribution is 7.91. The molecule has 0 saturated carbocycles. The number of sulfone groups is 1. The van der Waals surface area contributed by atoms with Gasteiger partial charge in [-0.3, -0.25) is 0 Å². The summed E-state index contributed by atoms with van der Waals surface area (Å²) in [5, 5.41) is 3.79. The van der Waals surface area contributed by atoms with Gasteiger partial charge in [-0.15, -0.1) is 0 Å². The van der Waals surface area contributed by atoms with Gasteiger partial charge in [-0.2, -0.15) is 0 Å². The van der Waals surface area contributed by atoms with Crippen molar-refractivity contribution in [2.24, 2.45) is 11.7 Å². The molecule has 0 aliphatic carbocycles. The van der Waals surface area contributed by atoms with Crippen LogP contribution in [0.15, 0.2) is 10.6 Å². The van der Waals surface area contributed by atoms with E-state index < -0.39 is 9.84 Å². The predicted molar refractivity (Wildman–Crippen MR) is 59.5 cm³/mol. The standard InChI is InChI=1S/C10H16N2O3S/c11-6-9-5-10(15-12-9)4-8-2-1-3-16(13,14)7-8/h5,8H,1-4,6-7,11H2. The monoisotopic (exact) mass is 244 g/mol. The van der Waals surface area contributed by atoms with Crippen molar-refractivity contribution >= 4 is 9.84 Å². The summed E-state index contributed by atoms with van der Waals surface area (Å²) in [6, 6.07) is 1.81. The summed E-state index contributed by atoms with van der Waals surface area (Å²) in [6.07, 6.45) is 2.34. The molecule has 1 aliphatic rings. The van der Waals surface area contributed by atoms with E-state index in [9.17, 15) is 8.42 Å². The average Bonchev–Trinajstić information content (AvgIpc) is 2.64. The highest BCUT2D eigenvalue weighted by Gasteiger charge is 2.25. The first-order valence-electron chi connectivity index (χ1n) is 5.44. The first-order chi connectivity index (χ1) is 7.59. The van der Waals surface area contributed by atoms with E-state index in [0.29, 0.717) is 24.4 Å². The van der Waals surface area contributed by atoms with Crippen LogP contribution in [-0.2, 0) is 22.8 Å². The molecule has 5 nitrogen and oxygen atoms in total. The number of hydrogen-bond donors (Lipinski definition) is 1. The molecule has 1 aromatic heterocycles. The van der Waals surface area contributed by atoms with Crippen molar-refractivity contribution in [1.82, 2.24) is 5.16 Å². The van der Waals surface area contributed by atoms with E-state index in [0.717, 1.165) is 18.6 Å². The minimum Gasteiger partial charge on any atom is -0.361 e. The van der Waals surface area contributed by atoms with Crippen LogP contribution in [0.1, 0.15) is 24.3 Å². The maximum atomic E-state index is 11.4. The Balaban J connectivity index is 1.99. The zero-order chi connectivity index (χ0) is 11.6. The molecule has 0 amide bonds. The van der Waals surface area contributed by atoms with Crippen molar-refractivity contribution < 1.29 is 12.9 Å². The molecule has 6 heteroatoms. The summed E-state index contributed by atoms with van der Waals surface area (Å²) < 4.78 is 28.0. The van der Waals surface area contributed by atoms with Crippen molar-refractivity contribution in [2.45, 2.75) is 25.8 Å². The number of rotatable bonds is 3. The maximum Gasteiger partial charge on any atom is 0.150 e. The summed E-state index contributed by atoms with van der Waals surface area (Å²) in [6.45, 7) is 0.354. The SMILES string of the molecule is NCc1cc(CC2CCCS(=O)(=O)C2)on1. The molecule has 2 rings (SSSR count). The lowest BCUT2D eigenvalue weighted by Gasteiger charge is -2.20. The maximum absolute atomic E-state index is 11.4. The summed E-state index contributed by atoms with van der Waals surface area (Å²) in [7, 11) is -2.84. The third-order valence-corrected chi connectivity index (χ3v) is 4.75. The molecule has 2 N–H and O–H groups in total. The Morgan fingerprint density at radius 3 is 3.00 bits per heavy atom. The first kappa shape index (κ1) is 11.6. The Hall–Kier alpha value is -0.880. The molecule has 1 fully saturated rings. The number of hydrogen-bond acceptors (Lipinski definition) is 5. The van der Waals surface area contributed by atoms with Crippen molar-refractivity contribution in [3.05, 3.63) is 17.5 Å². The largest absolute Gasteiger partial charge is 0.361 e. The fourth-order valence-electron chi connectivity index (χ4n) is 2.11. The number of nitrogens with zero attached hydrogens (tertiary/aromatic N) is 1. The Morgan fingerprint density at radius 2 is 2.38 bits per heavy atom. The fraction of sp³-hybridized carbons (Fsp3) is 0.700. The second-order valence-electron chi connectivity index (χ2n) is 4.32. The van der Waals surface area contributed by atoms with E-state index in [1.165, 1.54) is 0 Å². The Bertz CT molecular complexity index is 452. The summed E-state index contributed by atoms with van der Waals surface area (Å²) in [4.78, 5) is 0. The van der Waals surface area contributed by atoms with E-state index in [1.54, 1.807) is 6.07 Å². The number of nitrogens with two attached hydrogens (primary N) is 1. The normalized spacial score (nSPS) is 24.4. The molecule has 16 heavy (non-hydrogen) atoms. The van der Waals surface area contributed by atoms with E-state index in [-0.39, 0.29) is 11.7 Å². The molecule has 1 aliphatic heterocycles. The smallest absolute Gasteiger partial charge is 0.150 e. The van der Waals surface area contributed by atoms with Crippen molar-refractivity contribution in [3.8, 4) is 0 Å². The van der Waals surface area contributed by atoms with Gasteiger partial charge in [0.15, 0.2) is 9.84 Å². The van der Waals surface area contributed by atoms with Gasteiger partial charge in [-0.1, -0.05) is 5.16 Å². The molecule has 1 unspecified atom stereocenters. The predicted octanol–water partition coefficient (Wildman–Crippen LogP) is 0.501. The van der Waals surface area contributed by atoms with E-state index in [4.69, 9.17) is 10.3 Å². The van der Waals surface area contributed by atoms with Crippen LogP contribution in [-0.4, -0.2) is 25.1 Å². The van der Waals surface area contributed by atoms with Crippen molar-refractivity contribution in [2.75, 3.05) is 11.5 Å². The molecule has 1 aromatic rings. The van der Waals surface area contributed by atoms with Gasteiger partial charge in [0.1, 0.15) is 5.76 Å². The van der Waals surface area contributed by atoms with Gasteiger partial charge in [0.2, 0.25) is 0 Å². The quantitative estimate of drug-likeness (QED) is 0.836. The van der Waals surface area contributed by atoms with E-state index in [1.807, 2.05) is 0 Å². The zero-order valence-electron chi connectivity index (χ0n) is 9.05. The Kier molecular flexibility index (Phi) is 3.30. The van der Waals surface area contributed by atoms with Gasteiger partial charge in [-0.05, 0) is 18.8 Å². The molecule has 0 radical (unpaired) electrons. The molecule has 1 atom stereocenters. The van der Waals surface area contributed by atoms with Crippen LogP contribution in [0.4, 0.5) is 0 Å². The van der Waals surface area contributed by atoms with Gasteiger partial charge in [0.05, 0.1) is 17.2 Å². The van der Waals surface area contributed by atoms with Crippen molar-refractivity contribution in [3.63, 3.8) is 0 Å². The molecule has 1 saturated heterocycles. The van der Waals surface area contributed by atoms with Gasteiger partial charge >= 0.3 is 0 Å². The molecular formula is C10H16N2O3S. The van der Waals surface area contributed by atoms with Gasteiger partial charge in [0.25, 0.3) is 0 Å². The van der Waals surface area contributed by atoms with Gasteiger partial charge in [-0.25, -0.2) is 8.42 Å².